The second kappa shape index (κ2) is 14.2. The van der Waals surface area contributed by atoms with Crippen molar-refractivity contribution in [3.05, 3.63) is 173 Å². The maximum Gasteiger partial charge on any atom is 0.333 e. The van der Waals surface area contributed by atoms with E-state index in [1.807, 2.05) is 24.3 Å². The summed E-state index contributed by atoms with van der Waals surface area (Å²) >= 11 is 0. The van der Waals surface area contributed by atoms with Crippen molar-refractivity contribution in [2.45, 2.75) is 91.4 Å². The van der Waals surface area contributed by atoms with Gasteiger partial charge in [-0.05, 0) is 153 Å². The van der Waals surface area contributed by atoms with Gasteiger partial charge in [0.25, 0.3) is 0 Å². The third kappa shape index (κ3) is 5.95. The van der Waals surface area contributed by atoms with Crippen molar-refractivity contribution in [3.63, 3.8) is 0 Å². The van der Waals surface area contributed by atoms with Crippen LogP contribution in [-0.4, -0.2) is 6.85 Å². The minimum Gasteiger partial charge on any atom is -0.456 e. The van der Waals surface area contributed by atoms with E-state index in [1.54, 1.807) is 0 Å². The molecule has 0 spiro atoms. The van der Waals surface area contributed by atoms with Crippen molar-refractivity contribution in [1.82, 2.24) is 0 Å². The number of ether oxygens (including phenoxy) is 2. The van der Waals surface area contributed by atoms with Crippen molar-refractivity contribution in [1.29, 1.82) is 0 Å². The zero-order chi connectivity index (χ0) is 46.6. The first-order chi connectivity index (χ1) is 32.6. The lowest BCUT2D eigenvalue weighted by atomic mass is 9.43. The van der Waals surface area contributed by atoms with E-state index in [1.165, 1.54) is 66.9 Å². The fourth-order valence-corrected chi connectivity index (χ4v) is 11.9. The van der Waals surface area contributed by atoms with Crippen LogP contribution < -0.4 is 30.1 Å². The largest absolute Gasteiger partial charge is 0.456 e. The van der Waals surface area contributed by atoms with E-state index < -0.39 is 0 Å². The van der Waals surface area contributed by atoms with E-state index in [9.17, 15) is 0 Å². The average molecular weight is 887 g/mol. The molecule has 8 aromatic carbocycles. The van der Waals surface area contributed by atoms with Crippen LogP contribution in [0.1, 0.15) is 89.1 Å². The van der Waals surface area contributed by atoms with Crippen LogP contribution in [0.3, 0.4) is 0 Å². The van der Waals surface area contributed by atoms with Crippen molar-refractivity contribution < 1.29 is 13.9 Å². The molecular weight excluding hydrogens is 832 g/mol. The monoisotopic (exact) mass is 886 g/mol. The highest BCUT2D eigenvalue weighted by molar-refractivity contribution is 6.94. The molecule has 0 N–H and O–H groups in total. The summed E-state index contributed by atoms with van der Waals surface area (Å²) in [6.45, 7) is 20.9. The zero-order valence-corrected chi connectivity index (χ0v) is 40.5. The Labute approximate surface area is 400 Å². The van der Waals surface area contributed by atoms with Crippen molar-refractivity contribution >= 4 is 68.1 Å². The minimum absolute atomic E-state index is 0.0124. The second-order valence-electron chi connectivity index (χ2n) is 22.1. The van der Waals surface area contributed by atoms with Crippen LogP contribution in [0, 0.1) is 13.8 Å². The number of rotatable bonds is 3. The number of hydrogen-bond donors (Lipinski definition) is 0. The van der Waals surface area contributed by atoms with Crippen LogP contribution in [0.5, 0.6) is 23.0 Å². The normalized spacial score (nSPS) is 16.0. The third-order valence-corrected chi connectivity index (χ3v) is 15.7. The van der Waals surface area contributed by atoms with Crippen LogP contribution in [0.4, 0.5) is 28.4 Å². The summed E-state index contributed by atoms with van der Waals surface area (Å²) in [6, 6.07) is 53.5. The number of benzene rings is 8. The van der Waals surface area contributed by atoms with Crippen LogP contribution in [0.2, 0.25) is 0 Å². The van der Waals surface area contributed by atoms with Gasteiger partial charge in [0.1, 0.15) is 11.2 Å². The Morgan fingerprint density at radius 1 is 0.544 bits per heavy atom. The van der Waals surface area contributed by atoms with Gasteiger partial charge in [-0.15, -0.1) is 0 Å². The van der Waals surface area contributed by atoms with Crippen LogP contribution in [0.25, 0.3) is 44.2 Å². The van der Waals surface area contributed by atoms with Gasteiger partial charge in [0.15, 0.2) is 23.0 Å². The lowest BCUT2D eigenvalue weighted by Gasteiger charge is -2.48. The predicted molar refractivity (Wildman–Crippen MR) is 283 cm³/mol. The number of hydrogen-bond acceptors (Lipinski definition) is 5. The molecule has 0 unspecified atom stereocenters. The molecule has 0 amide bonds. The first kappa shape index (κ1) is 41.0. The van der Waals surface area contributed by atoms with E-state index in [4.69, 9.17) is 13.9 Å². The maximum atomic E-state index is 6.88. The van der Waals surface area contributed by atoms with E-state index in [0.717, 1.165) is 57.3 Å². The molecule has 334 valence electrons. The molecule has 0 bridgehead atoms. The van der Waals surface area contributed by atoms with Crippen LogP contribution >= 0.6 is 0 Å². The van der Waals surface area contributed by atoms with Crippen LogP contribution in [-0.2, 0) is 16.2 Å². The molecule has 5 nitrogen and oxygen atoms in total. The molecule has 0 saturated carbocycles. The quantitative estimate of drug-likeness (QED) is 0.165. The first-order valence-corrected chi connectivity index (χ1v) is 24.3. The van der Waals surface area contributed by atoms with Gasteiger partial charge in [0.05, 0.1) is 5.39 Å². The predicted octanol–water partition coefficient (Wildman–Crippen LogP) is 16.1. The highest BCUT2D eigenvalue weighted by Gasteiger charge is 2.48. The van der Waals surface area contributed by atoms with Crippen molar-refractivity contribution in [2.24, 2.45) is 0 Å². The maximum absolute atomic E-state index is 6.88. The first-order valence-electron chi connectivity index (χ1n) is 24.3. The van der Waals surface area contributed by atoms with Crippen LogP contribution in [0.15, 0.2) is 150 Å². The molecule has 0 saturated heterocycles. The number of anilines is 5. The Kier molecular flexibility index (Phi) is 8.56. The molecular formula is C62H55BN2O3. The summed E-state index contributed by atoms with van der Waals surface area (Å²) < 4.78 is 20.5. The second-order valence-corrected chi connectivity index (χ2v) is 22.1. The minimum atomic E-state index is -0.291. The van der Waals surface area contributed by atoms with Gasteiger partial charge in [-0.3, -0.25) is 0 Å². The highest BCUT2D eigenvalue weighted by atomic mass is 16.6. The van der Waals surface area contributed by atoms with Gasteiger partial charge < -0.3 is 23.6 Å². The Morgan fingerprint density at radius 2 is 1.22 bits per heavy atom. The number of aryl methyl sites for hydroxylation is 2. The Bertz CT molecular complexity index is 3610. The van der Waals surface area contributed by atoms with Gasteiger partial charge in [0.2, 0.25) is 0 Å². The van der Waals surface area contributed by atoms with Gasteiger partial charge >= 0.3 is 6.85 Å². The molecule has 4 heterocycles. The Balaban J connectivity index is 1.18. The smallest absolute Gasteiger partial charge is 0.333 e. The molecule has 68 heavy (non-hydrogen) atoms. The van der Waals surface area contributed by atoms with E-state index in [2.05, 4.69) is 193 Å². The molecule has 4 aliphatic rings. The number of fused-ring (bicyclic) bond motifs is 11. The third-order valence-electron chi connectivity index (χ3n) is 15.7. The summed E-state index contributed by atoms with van der Waals surface area (Å²) in [5, 5.41) is 2.21. The molecule has 1 aromatic heterocycles. The van der Waals surface area contributed by atoms with Gasteiger partial charge in [-0.1, -0.05) is 127 Å². The number of nitrogens with zero attached hydrogens (tertiary/aromatic N) is 2. The summed E-state index contributed by atoms with van der Waals surface area (Å²) in [7, 11) is 0. The van der Waals surface area contributed by atoms with E-state index in [-0.39, 0.29) is 23.1 Å². The lowest BCUT2D eigenvalue weighted by Crippen LogP contribution is -2.61. The van der Waals surface area contributed by atoms with E-state index >= 15 is 0 Å². The molecule has 0 radical (unpaired) electrons. The zero-order valence-electron chi connectivity index (χ0n) is 40.5. The summed E-state index contributed by atoms with van der Waals surface area (Å²) in [5.74, 6) is 2.82. The SMILES string of the molecule is Cc1cc2c3c(c1)N(c1cc4c(cc1C)C(C)(C)CCC4(C)C)c1cc4c(cc1B3N(c1ccc(C(C)(C)C)cc1-c1ccccc1)c1c-2ccc2oc3ccccc3c12)Oc1ccccc1O4. The number of furan rings is 1. The Hall–Kier alpha value is -7.18. The molecule has 6 heteroatoms. The van der Waals surface area contributed by atoms with Gasteiger partial charge in [-0.25, -0.2) is 0 Å². The standard InChI is InChI=1S/C62H55BN2O3/c1-36-29-43-40-24-26-54-57(41-19-13-14-20-51(41)66-54)59(40)65(47-25-23-39(60(3,4)5)32-42(47)38-17-11-10-12-18-38)63-46-34-55-56(68-53-22-16-15-21-52(53)67-55)35-49(46)64(50(30-36)58(43)63)48-33-45-44(31-37(48)2)61(6,7)27-28-62(45,8)9/h10-26,29-35H,27-28H2,1-9H3. The number of para-hydroxylation sites is 3. The van der Waals surface area contributed by atoms with Crippen molar-refractivity contribution in [2.75, 3.05) is 9.71 Å². The fraction of sp³-hybridized carbons (Fsp3) is 0.226. The molecule has 3 aliphatic heterocycles. The molecule has 0 atom stereocenters. The van der Waals surface area contributed by atoms with Crippen molar-refractivity contribution in [3.8, 4) is 45.3 Å². The average Bonchev–Trinajstić information content (AvgIpc) is 3.71. The Morgan fingerprint density at radius 3 is 1.96 bits per heavy atom. The molecule has 1 aliphatic carbocycles. The molecule has 9 aromatic rings. The molecule has 0 fully saturated rings. The van der Waals surface area contributed by atoms with E-state index in [0.29, 0.717) is 23.0 Å². The highest BCUT2D eigenvalue weighted by Crippen LogP contribution is 2.56. The molecule has 13 rings (SSSR count). The lowest BCUT2D eigenvalue weighted by molar-refractivity contribution is 0.332. The van der Waals surface area contributed by atoms with Gasteiger partial charge in [-0.2, -0.15) is 0 Å². The van der Waals surface area contributed by atoms with Gasteiger partial charge in [0, 0.05) is 51.0 Å². The summed E-state index contributed by atoms with van der Waals surface area (Å²) in [5.41, 5.74) is 21.2. The fourth-order valence-electron chi connectivity index (χ4n) is 11.9. The topological polar surface area (TPSA) is 38.1 Å². The summed E-state index contributed by atoms with van der Waals surface area (Å²) in [6.07, 6.45) is 2.29. The summed E-state index contributed by atoms with van der Waals surface area (Å²) in [4.78, 5) is 5.21.